The van der Waals surface area contributed by atoms with Crippen LogP contribution in [0.25, 0.3) is 0 Å². The maximum Gasteiger partial charge on any atom is 0.305 e. The van der Waals surface area contributed by atoms with Crippen molar-refractivity contribution < 1.29 is 14.7 Å². The first-order valence-corrected chi connectivity index (χ1v) is 6.84. The number of hydrogen-bond donors (Lipinski definition) is 3. The Labute approximate surface area is 124 Å². The van der Waals surface area contributed by atoms with Gasteiger partial charge in [-0.15, -0.1) is 10.2 Å². The Morgan fingerprint density at radius 3 is 2.38 bits per heavy atom. The van der Waals surface area contributed by atoms with E-state index in [1.165, 1.54) is 0 Å². The molecule has 0 aliphatic rings. The Bertz CT molecular complexity index is 494. The number of amides is 1. The van der Waals surface area contributed by atoms with Crippen LogP contribution in [0, 0.1) is 5.41 Å². The van der Waals surface area contributed by atoms with Gasteiger partial charge in [0.2, 0.25) is 0 Å². The number of nitrogens with zero attached hydrogens (tertiary/aromatic N) is 2. The fourth-order valence-corrected chi connectivity index (χ4v) is 1.71. The van der Waals surface area contributed by atoms with Crippen LogP contribution in [0.15, 0.2) is 12.1 Å². The van der Waals surface area contributed by atoms with Gasteiger partial charge >= 0.3 is 5.97 Å². The lowest BCUT2D eigenvalue weighted by atomic mass is 9.85. The molecule has 1 unspecified atom stereocenters. The highest BCUT2D eigenvalue weighted by Gasteiger charge is 2.27. The first kappa shape index (κ1) is 16.9. The zero-order valence-corrected chi connectivity index (χ0v) is 12.8. The van der Waals surface area contributed by atoms with Gasteiger partial charge in [-0.3, -0.25) is 9.59 Å². The highest BCUT2D eigenvalue weighted by atomic mass is 16.4. The van der Waals surface area contributed by atoms with Gasteiger partial charge in [-0.25, -0.2) is 0 Å². The fourth-order valence-electron chi connectivity index (χ4n) is 1.71. The van der Waals surface area contributed by atoms with Gasteiger partial charge in [-0.2, -0.15) is 0 Å². The zero-order valence-electron chi connectivity index (χ0n) is 12.8. The van der Waals surface area contributed by atoms with Crippen molar-refractivity contribution in [2.75, 3.05) is 11.9 Å². The van der Waals surface area contributed by atoms with Crippen molar-refractivity contribution in [1.29, 1.82) is 0 Å². The van der Waals surface area contributed by atoms with Gasteiger partial charge in [-0.05, 0) is 24.5 Å². The molecule has 0 aliphatic heterocycles. The van der Waals surface area contributed by atoms with Crippen LogP contribution >= 0.6 is 0 Å². The van der Waals surface area contributed by atoms with Gasteiger partial charge in [0.05, 0.1) is 6.42 Å². The molecule has 0 saturated heterocycles. The minimum atomic E-state index is -0.880. The number of carbonyl (C=O) groups excluding carboxylic acids is 1. The second-order valence-electron chi connectivity index (χ2n) is 5.82. The molecule has 0 fully saturated rings. The lowest BCUT2D eigenvalue weighted by molar-refractivity contribution is -0.137. The molecular formula is C14H22N4O3. The monoisotopic (exact) mass is 294 g/mol. The molecule has 1 atom stereocenters. The number of rotatable bonds is 6. The maximum absolute atomic E-state index is 11.6. The third-order valence-corrected chi connectivity index (χ3v) is 2.98. The van der Waals surface area contributed by atoms with Crippen molar-refractivity contribution in [3.05, 3.63) is 17.8 Å². The summed E-state index contributed by atoms with van der Waals surface area (Å²) < 4.78 is 0. The van der Waals surface area contributed by atoms with E-state index in [4.69, 9.17) is 5.11 Å². The quantitative estimate of drug-likeness (QED) is 0.735. The standard InChI is InChI=1S/C14H22N4O3/c1-5-15-13(21)9-6-7-11(18-17-9)16-10(8-12(19)20)14(2,3)4/h6-7,10H,5,8H2,1-4H3,(H,15,21)(H,16,18)(H,19,20). The Kier molecular flexibility index (Phi) is 5.63. The van der Waals surface area contributed by atoms with Crippen LogP contribution in [0.3, 0.4) is 0 Å². The molecule has 0 saturated carbocycles. The van der Waals surface area contributed by atoms with Crippen LogP contribution < -0.4 is 10.6 Å². The van der Waals surface area contributed by atoms with E-state index in [0.717, 1.165) is 0 Å². The maximum atomic E-state index is 11.6. The van der Waals surface area contributed by atoms with Crippen molar-refractivity contribution in [2.24, 2.45) is 5.41 Å². The van der Waals surface area contributed by atoms with Crippen molar-refractivity contribution in [3.63, 3.8) is 0 Å². The van der Waals surface area contributed by atoms with Crippen LogP contribution in [0.2, 0.25) is 0 Å². The molecule has 1 heterocycles. The second kappa shape index (κ2) is 7.01. The summed E-state index contributed by atoms with van der Waals surface area (Å²) in [6, 6.07) is 2.89. The van der Waals surface area contributed by atoms with E-state index in [1.54, 1.807) is 12.1 Å². The number of anilines is 1. The van der Waals surface area contributed by atoms with E-state index in [-0.39, 0.29) is 29.5 Å². The Balaban J connectivity index is 2.81. The van der Waals surface area contributed by atoms with E-state index in [1.807, 2.05) is 27.7 Å². The average Bonchev–Trinajstić information content (AvgIpc) is 2.37. The summed E-state index contributed by atoms with van der Waals surface area (Å²) in [7, 11) is 0. The van der Waals surface area contributed by atoms with E-state index >= 15 is 0 Å². The number of aliphatic carboxylic acids is 1. The van der Waals surface area contributed by atoms with Gasteiger partial charge in [-0.1, -0.05) is 20.8 Å². The topological polar surface area (TPSA) is 104 Å². The van der Waals surface area contributed by atoms with Crippen molar-refractivity contribution >= 4 is 17.7 Å². The number of carbonyl (C=O) groups is 2. The van der Waals surface area contributed by atoms with Gasteiger partial charge in [0.25, 0.3) is 5.91 Å². The normalized spacial score (nSPS) is 12.6. The molecule has 0 radical (unpaired) electrons. The Morgan fingerprint density at radius 2 is 1.95 bits per heavy atom. The third kappa shape index (κ3) is 5.37. The molecule has 21 heavy (non-hydrogen) atoms. The lowest BCUT2D eigenvalue weighted by Gasteiger charge is -2.30. The minimum Gasteiger partial charge on any atom is -0.481 e. The van der Waals surface area contributed by atoms with E-state index in [0.29, 0.717) is 12.4 Å². The predicted octanol–water partition coefficient (Wildman–Crippen LogP) is 1.53. The Hall–Kier alpha value is -2.18. The molecule has 1 aromatic rings. The van der Waals surface area contributed by atoms with Crippen LogP contribution in [-0.4, -0.2) is 39.8 Å². The van der Waals surface area contributed by atoms with E-state index in [2.05, 4.69) is 20.8 Å². The summed E-state index contributed by atoms with van der Waals surface area (Å²) in [5, 5.41) is 22.4. The summed E-state index contributed by atoms with van der Waals surface area (Å²) in [4.78, 5) is 22.5. The molecule has 116 valence electrons. The summed E-state index contributed by atoms with van der Waals surface area (Å²) in [5.74, 6) is -0.715. The first-order chi connectivity index (χ1) is 9.74. The van der Waals surface area contributed by atoms with Crippen molar-refractivity contribution in [3.8, 4) is 0 Å². The van der Waals surface area contributed by atoms with Gasteiger partial charge < -0.3 is 15.7 Å². The fraction of sp³-hybridized carbons (Fsp3) is 0.571. The van der Waals surface area contributed by atoms with Gasteiger partial charge in [0, 0.05) is 12.6 Å². The van der Waals surface area contributed by atoms with Gasteiger partial charge in [0.1, 0.15) is 5.82 Å². The summed E-state index contributed by atoms with van der Waals surface area (Å²) in [6.45, 7) is 8.19. The molecule has 1 aromatic heterocycles. The molecule has 0 bridgehead atoms. The third-order valence-electron chi connectivity index (χ3n) is 2.98. The number of carboxylic acid groups (broad SMARTS) is 1. The molecule has 7 nitrogen and oxygen atoms in total. The minimum absolute atomic E-state index is 0.0246. The summed E-state index contributed by atoms with van der Waals surface area (Å²) >= 11 is 0. The molecule has 0 spiro atoms. The molecule has 1 rings (SSSR count). The van der Waals surface area contributed by atoms with E-state index < -0.39 is 5.97 Å². The number of aromatic nitrogens is 2. The Morgan fingerprint density at radius 1 is 1.29 bits per heavy atom. The largest absolute Gasteiger partial charge is 0.481 e. The number of nitrogens with one attached hydrogen (secondary N) is 2. The zero-order chi connectivity index (χ0) is 16.0. The van der Waals surface area contributed by atoms with Gasteiger partial charge in [0.15, 0.2) is 5.69 Å². The average molecular weight is 294 g/mol. The predicted molar refractivity (Wildman–Crippen MR) is 79.2 cm³/mol. The lowest BCUT2D eigenvalue weighted by Crippen LogP contribution is -2.36. The van der Waals surface area contributed by atoms with E-state index in [9.17, 15) is 9.59 Å². The smallest absolute Gasteiger partial charge is 0.305 e. The molecule has 3 N–H and O–H groups in total. The summed E-state index contributed by atoms with van der Waals surface area (Å²) in [6.07, 6.45) is -0.0246. The van der Waals surface area contributed by atoms with Crippen LogP contribution in [0.1, 0.15) is 44.6 Å². The highest BCUT2D eigenvalue weighted by Crippen LogP contribution is 2.24. The molecule has 0 aromatic carbocycles. The molecule has 1 amide bonds. The SMILES string of the molecule is CCNC(=O)c1ccc(NC(CC(=O)O)C(C)(C)C)nn1. The van der Waals surface area contributed by atoms with Crippen molar-refractivity contribution in [2.45, 2.75) is 40.2 Å². The van der Waals surface area contributed by atoms with Crippen LogP contribution in [0.4, 0.5) is 5.82 Å². The molecular weight excluding hydrogens is 272 g/mol. The van der Waals surface area contributed by atoms with Crippen LogP contribution in [-0.2, 0) is 4.79 Å². The van der Waals surface area contributed by atoms with Crippen LogP contribution in [0.5, 0.6) is 0 Å². The number of hydrogen-bond acceptors (Lipinski definition) is 5. The molecule has 0 aliphatic carbocycles. The molecule has 7 heteroatoms. The van der Waals surface area contributed by atoms with Crippen molar-refractivity contribution in [1.82, 2.24) is 15.5 Å². The summed E-state index contributed by atoms with van der Waals surface area (Å²) in [5.41, 5.74) is -0.0221. The second-order valence-corrected chi connectivity index (χ2v) is 5.82. The highest BCUT2D eigenvalue weighted by molar-refractivity contribution is 5.92. The first-order valence-electron chi connectivity index (χ1n) is 6.84. The number of carboxylic acids is 1.